The molecule has 0 aliphatic carbocycles. The van der Waals surface area contributed by atoms with E-state index in [2.05, 4.69) is 15.3 Å². The summed E-state index contributed by atoms with van der Waals surface area (Å²) in [5.41, 5.74) is 3.02. The number of likely N-dealkylation sites (tertiary alicyclic amines) is 1. The first-order chi connectivity index (χ1) is 14.0. The van der Waals surface area contributed by atoms with Crippen LogP contribution in [0, 0.1) is 12.7 Å². The van der Waals surface area contributed by atoms with Crippen LogP contribution in [-0.4, -0.2) is 40.3 Å². The zero-order valence-corrected chi connectivity index (χ0v) is 16.0. The minimum Gasteiger partial charge on any atom is -0.399 e. The van der Waals surface area contributed by atoms with Gasteiger partial charge in [-0.05, 0) is 42.3 Å². The summed E-state index contributed by atoms with van der Waals surface area (Å²) >= 11 is 0. The number of aromatic nitrogens is 2. The molecule has 0 radical (unpaired) electrons. The Balaban J connectivity index is 1.59. The number of oxime groups is 1. The van der Waals surface area contributed by atoms with Gasteiger partial charge in [-0.25, -0.2) is 4.39 Å². The van der Waals surface area contributed by atoms with Crippen molar-refractivity contribution in [2.24, 2.45) is 5.16 Å². The van der Waals surface area contributed by atoms with E-state index in [1.54, 1.807) is 36.1 Å². The first kappa shape index (κ1) is 18.8. The molecule has 0 bridgehead atoms. The minimum atomic E-state index is -0.394. The number of carbonyl (C=O) groups is 1. The van der Waals surface area contributed by atoms with E-state index in [1.807, 2.05) is 12.1 Å². The Kier molecular flexibility index (Phi) is 5.07. The van der Waals surface area contributed by atoms with Gasteiger partial charge in [-0.2, -0.15) is 4.98 Å². The van der Waals surface area contributed by atoms with Crippen molar-refractivity contribution < 1.29 is 18.5 Å². The second-order valence-electron chi connectivity index (χ2n) is 6.76. The fraction of sp³-hybridized carbons (Fsp3) is 0.238. The zero-order valence-electron chi connectivity index (χ0n) is 16.0. The van der Waals surface area contributed by atoms with Crippen molar-refractivity contribution in [1.29, 1.82) is 0 Å². The first-order valence-electron chi connectivity index (χ1n) is 9.11. The van der Waals surface area contributed by atoms with E-state index < -0.39 is 6.04 Å². The van der Waals surface area contributed by atoms with Crippen LogP contribution < -0.4 is 0 Å². The van der Waals surface area contributed by atoms with E-state index in [4.69, 9.17) is 9.36 Å². The molecule has 148 valence electrons. The second-order valence-corrected chi connectivity index (χ2v) is 6.76. The van der Waals surface area contributed by atoms with Crippen molar-refractivity contribution in [3.8, 4) is 11.1 Å². The van der Waals surface area contributed by atoms with Crippen molar-refractivity contribution in [2.75, 3.05) is 13.7 Å². The van der Waals surface area contributed by atoms with Crippen LogP contribution in [0.3, 0.4) is 0 Å². The lowest BCUT2D eigenvalue weighted by Crippen LogP contribution is -2.31. The largest absolute Gasteiger partial charge is 0.399 e. The smallest absolute Gasteiger partial charge is 0.254 e. The van der Waals surface area contributed by atoms with Crippen molar-refractivity contribution >= 4 is 11.6 Å². The maximum atomic E-state index is 13.2. The van der Waals surface area contributed by atoms with E-state index in [0.29, 0.717) is 30.2 Å². The molecule has 1 fully saturated rings. The van der Waals surface area contributed by atoms with Gasteiger partial charge in [0.2, 0.25) is 5.89 Å². The molecular formula is C21H19FN4O3. The molecule has 0 spiro atoms. The van der Waals surface area contributed by atoms with E-state index in [-0.39, 0.29) is 11.7 Å². The van der Waals surface area contributed by atoms with Crippen molar-refractivity contribution in [2.45, 2.75) is 19.4 Å². The number of hydrogen-bond acceptors (Lipinski definition) is 6. The molecule has 1 aliphatic heterocycles. The van der Waals surface area contributed by atoms with Gasteiger partial charge in [0, 0.05) is 12.0 Å². The zero-order chi connectivity index (χ0) is 20.4. The maximum absolute atomic E-state index is 13.2. The molecule has 1 saturated heterocycles. The molecule has 29 heavy (non-hydrogen) atoms. The summed E-state index contributed by atoms with van der Waals surface area (Å²) in [6.45, 7) is 2.05. The van der Waals surface area contributed by atoms with E-state index in [0.717, 1.165) is 16.8 Å². The molecule has 4 rings (SSSR count). The van der Waals surface area contributed by atoms with Crippen LogP contribution in [-0.2, 0) is 4.84 Å². The molecule has 1 aliphatic rings. The summed E-state index contributed by atoms with van der Waals surface area (Å²) in [5.74, 6) is 0.427. The molecule has 2 aromatic carbocycles. The van der Waals surface area contributed by atoms with Gasteiger partial charge in [0.25, 0.3) is 5.91 Å². The lowest BCUT2D eigenvalue weighted by atomic mass is 10.0. The molecule has 0 N–H and O–H groups in total. The van der Waals surface area contributed by atoms with Gasteiger partial charge in [0.05, 0.1) is 12.3 Å². The quantitative estimate of drug-likeness (QED) is 0.629. The fourth-order valence-electron chi connectivity index (χ4n) is 3.40. The van der Waals surface area contributed by atoms with Gasteiger partial charge < -0.3 is 14.3 Å². The molecule has 2 heterocycles. The Bertz CT molecular complexity index is 1040. The summed E-state index contributed by atoms with van der Waals surface area (Å²) in [6, 6.07) is 13.0. The van der Waals surface area contributed by atoms with Gasteiger partial charge in [-0.15, -0.1) is 0 Å². The SMILES string of the molecule is CON=C1C[C@@H](c2nc(C)no2)N(C(=O)c2ccc(-c3ccc(F)cc3)cc2)C1. The van der Waals surface area contributed by atoms with E-state index in [1.165, 1.54) is 19.2 Å². The summed E-state index contributed by atoms with van der Waals surface area (Å²) in [6.07, 6.45) is 0.467. The highest BCUT2D eigenvalue weighted by molar-refractivity contribution is 6.00. The topological polar surface area (TPSA) is 80.8 Å². The highest BCUT2D eigenvalue weighted by Crippen LogP contribution is 2.31. The Morgan fingerprint density at radius 3 is 2.41 bits per heavy atom. The summed E-state index contributed by atoms with van der Waals surface area (Å²) in [5, 5.41) is 7.82. The summed E-state index contributed by atoms with van der Waals surface area (Å²) < 4.78 is 18.4. The third-order valence-corrected chi connectivity index (χ3v) is 4.78. The van der Waals surface area contributed by atoms with Crippen LogP contribution in [0.2, 0.25) is 0 Å². The number of halogens is 1. The standard InChI is InChI=1S/C21H19FN4O3/c1-13-23-20(29-24-13)19-11-18(25-28-2)12-26(19)21(27)16-5-3-14(4-6-16)15-7-9-17(22)10-8-15/h3-10,19H,11-12H2,1-2H3/t19-/m0/s1. The number of hydrogen-bond donors (Lipinski definition) is 0. The summed E-state index contributed by atoms with van der Waals surface area (Å²) in [7, 11) is 1.47. The molecule has 1 atom stereocenters. The van der Waals surface area contributed by atoms with Crippen molar-refractivity contribution in [3.05, 3.63) is 71.6 Å². The predicted octanol–water partition coefficient (Wildman–Crippen LogP) is 3.77. The average Bonchev–Trinajstić information content (AvgIpc) is 3.35. The number of nitrogens with zero attached hydrogens (tertiary/aromatic N) is 4. The predicted molar refractivity (Wildman–Crippen MR) is 104 cm³/mol. The Morgan fingerprint density at radius 1 is 1.17 bits per heavy atom. The lowest BCUT2D eigenvalue weighted by molar-refractivity contribution is 0.0713. The van der Waals surface area contributed by atoms with Crippen molar-refractivity contribution in [3.63, 3.8) is 0 Å². The van der Waals surface area contributed by atoms with Gasteiger partial charge in [0.15, 0.2) is 5.82 Å². The Hall–Kier alpha value is -3.55. The molecule has 3 aromatic rings. The van der Waals surface area contributed by atoms with Crippen LogP contribution >= 0.6 is 0 Å². The summed E-state index contributed by atoms with van der Waals surface area (Å²) in [4.78, 5) is 24.0. The second kappa shape index (κ2) is 7.83. The van der Waals surface area contributed by atoms with Gasteiger partial charge in [-0.1, -0.05) is 34.6 Å². The molecule has 0 unspecified atom stereocenters. The third kappa shape index (κ3) is 3.87. The van der Waals surface area contributed by atoms with Gasteiger partial charge >= 0.3 is 0 Å². The number of amides is 1. The van der Waals surface area contributed by atoms with Crippen LogP contribution in [0.5, 0.6) is 0 Å². The third-order valence-electron chi connectivity index (χ3n) is 4.78. The van der Waals surface area contributed by atoms with Crippen LogP contribution in [0.15, 0.2) is 58.2 Å². The first-order valence-corrected chi connectivity index (χ1v) is 9.11. The van der Waals surface area contributed by atoms with Gasteiger partial charge in [-0.3, -0.25) is 4.79 Å². The number of rotatable bonds is 4. The lowest BCUT2D eigenvalue weighted by Gasteiger charge is -2.21. The molecule has 1 aromatic heterocycles. The van der Waals surface area contributed by atoms with E-state index >= 15 is 0 Å². The Labute approximate surface area is 166 Å². The normalized spacial score (nSPS) is 17.7. The van der Waals surface area contributed by atoms with Gasteiger partial charge in [0.1, 0.15) is 19.0 Å². The van der Waals surface area contributed by atoms with Crippen LogP contribution in [0.1, 0.15) is 34.5 Å². The Morgan fingerprint density at radius 2 is 1.83 bits per heavy atom. The van der Waals surface area contributed by atoms with E-state index in [9.17, 15) is 9.18 Å². The maximum Gasteiger partial charge on any atom is 0.254 e. The van der Waals surface area contributed by atoms with Crippen LogP contribution in [0.25, 0.3) is 11.1 Å². The molecule has 8 heteroatoms. The molecular weight excluding hydrogens is 375 g/mol. The highest BCUT2D eigenvalue weighted by atomic mass is 19.1. The number of carbonyl (C=O) groups excluding carboxylic acids is 1. The highest BCUT2D eigenvalue weighted by Gasteiger charge is 2.38. The minimum absolute atomic E-state index is 0.169. The molecule has 1 amide bonds. The number of aryl methyl sites for hydroxylation is 1. The van der Waals surface area contributed by atoms with Crippen molar-refractivity contribution in [1.82, 2.24) is 15.0 Å². The van der Waals surface area contributed by atoms with Crippen LogP contribution in [0.4, 0.5) is 4.39 Å². The molecule has 0 saturated carbocycles. The fourth-order valence-corrected chi connectivity index (χ4v) is 3.40. The monoisotopic (exact) mass is 394 g/mol. The number of benzene rings is 2. The molecule has 7 nitrogen and oxygen atoms in total. The average molecular weight is 394 g/mol.